The maximum Gasteiger partial charge on any atom is 0.182 e. The molecule has 0 aromatic carbocycles. The smallest absolute Gasteiger partial charge is 0.182 e. The number of hydrogen-bond acceptors (Lipinski definition) is 3. The normalized spacial score (nSPS) is 15.9. The Morgan fingerprint density at radius 3 is 2.80 bits per heavy atom. The maximum absolute atomic E-state index is 4.32. The van der Waals surface area contributed by atoms with E-state index in [1.807, 2.05) is 31.0 Å². The summed E-state index contributed by atoms with van der Waals surface area (Å²) in [7, 11) is 1.94. The molecule has 0 unspecified atom stereocenters. The fourth-order valence-corrected chi connectivity index (χ4v) is 1.87. The lowest BCUT2D eigenvalue weighted by Crippen LogP contribution is -2.01. The highest BCUT2D eigenvalue weighted by molar-refractivity contribution is 5.50. The van der Waals surface area contributed by atoms with Gasteiger partial charge in [-0.1, -0.05) is 0 Å². The number of aryl methyl sites for hydroxylation is 2. The van der Waals surface area contributed by atoms with Gasteiger partial charge in [-0.3, -0.25) is 4.68 Å². The van der Waals surface area contributed by atoms with E-state index in [0.29, 0.717) is 6.04 Å². The molecule has 0 bridgehead atoms. The van der Waals surface area contributed by atoms with Crippen LogP contribution in [-0.2, 0) is 7.05 Å². The van der Waals surface area contributed by atoms with Crippen molar-refractivity contribution in [1.29, 1.82) is 0 Å². The van der Waals surface area contributed by atoms with Gasteiger partial charge in [0.25, 0.3) is 0 Å². The Bertz CT molecular complexity index is 492. The molecule has 2 aromatic heterocycles. The number of hydrogen-bond donors (Lipinski definition) is 0. The molecule has 5 heteroatoms. The van der Waals surface area contributed by atoms with Gasteiger partial charge in [0.05, 0.1) is 5.69 Å². The van der Waals surface area contributed by atoms with E-state index in [1.54, 1.807) is 0 Å². The van der Waals surface area contributed by atoms with Gasteiger partial charge in [-0.2, -0.15) is 5.10 Å². The van der Waals surface area contributed by atoms with Crippen LogP contribution in [0.25, 0.3) is 11.5 Å². The molecular formula is C10H13N5. The van der Waals surface area contributed by atoms with Gasteiger partial charge in [-0.25, -0.2) is 0 Å². The Kier molecular flexibility index (Phi) is 1.68. The Hall–Kier alpha value is -1.65. The summed E-state index contributed by atoms with van der Waals surface area (Å²) in [4.78, 5) is 0. The zero-order valence-electron chi connectivity index (χ0n) is 8.88. The van der Waals surface area contributed by atoms with Crippen LogP contribution >= 0.6 is 0 Å². The van der Waals surface area contributed by atoms with Crippen molar-refractivity contribution in [2.45, 2.75) is 25.8 Å². The molecule has 1 aliphatic rings. The zero-order chi connectivity index (χ0) is 10.4. The Morgan fingerprint density at radius 2 is 2.20 bits per heavy atom. The average molecular weight is 203 g/mol. The van der Waals surface area contributed by atoms with Crippen molar-refractivity contribution in [1.82, 2.24) is 24.5 Å². The summed E-state index contributed by atoms with van der Waals surface area (Å²) in [6, 6.07) is 2.65. The topological polar surface area (TPSA) is 48.5 Å². The molecule has 0 atom stereocenters. The molecule has 0 N–H and O–H groups in total. The Balaban J connectivity index is 2.11. The van der Waals surface area contributed by atoms with E-state index in [2.05, 4.69) is 19.9 Å². The molecule has 78 valence electrons. The predicted molar refractivity (Wildman–Crippen MR) is 55.2 cm³/mol. The number of rotatable bonds is 2. The molecular weight excluding hydrogens is 190 g/mol. The predicted octanol–water partition coefficient (Wildman–Crippen LogP) is 1.32. The van der Waals surface area contributed by atoms with E-state index in [9.17, 15) is 0 Å². The van der Waals surface area contributed by atoms with Gasteiger partial charge in [0.1, 0.15) is 12.0 Å². The van der Waals surface area contributed by atoms with Gasteiger partial charge >= 0.3 is 0 Å². The third-order valence-corrected chi connectivity index (χ3v) is 2.74. The summed E-state index contributed by atoms with van der Waals surface area (Å²) in [5.41, 5.74) is 2.05. The maximum atomic E-state index is 4.32. The van der Waals surface area contributed by atoms with Crippen molar-refractivity contribution < 1.29 is 0 Å². The Morgan fingerprint density at radius 1 is 1.40 bits per heavy atom. The van der Waals surface area contributed by atoms with Crippen molar-refractivity contribution in [3.8, 4) is 11.5 Å². The van der Waals surface area contributed by atoms with Crippen molar-refractivity contribution in [2.75, 3.05) is 0 Å². The molecule has 0 saturated heterocycles. The van der Waals surface area contributed by atoms with E-state index in [4.69, 9.17) is 0 Å². The summed E-state index contributed by atoms with van der Waals surface area (Å²) in [6.45, 7) is 1.99. The van der Waals surface area contributed by atoms with Crippen LogP contribution in [0.4, 0.5) is 0 Å². The minimum Gasteiger partial charge on any atom is -0.309 e. The van der Waals surface area contributed by atoms with Crippen LogP contribution < -0.4 is 0 Å². The summed E-state index contributed by atoms with van der Waals surface area (Å²) in [6.07, 6.45) is 4.29. The molecule has 3 rings (SSSR count). The van der Waals surface area contributed by atoms with Gasteiger partial charge < -0.3 is 4.57 Å². The van der Waals surface area contributed by atoms with E-state index in [1.165, 1.54) is 12.8 Å². The lowest BCUT2D eigenvalue weighted by atomic mass is 10.3. The molecule has 5 nitrogen and oxygen atoms in total. The van der Waals surface area contributed by atoms with Crippen LogP contribution in [0.1, 0.15) is 24.6 Å². The van der Waals surface area contributed by atoms with Crippen LogP contribution in [0.15, 0.2) is 12.4 Å². The van der Waals surface area contributed by atoms with Crippen molar-refractivity contribution in [3.63, 3.8) is 0 Å². The molecule has 0 radical (unpaired) electrons. The first-order valence-electron chi connectivity index (χ1n) is 5.16. The summed E-state index contributed by atoms with van der Waals surface area (Å²) in [5, 5.41) is 12.5. The van der Waals surface area contributed by atoms with E-state index in [-0.39, 0.29) is 0 Å². The third-order valence-electron chi connectivity index (χ3n) is 2.74. The second-order valence-electron chi connectivity index (χ2n) is 4.09. The second-order valence-corrected chi connectivity index (χ2v) is 4.09. The second kappa shape index (κ2) is 2.92. The largest absolute Gasteiger partial charge is 0.309 e. The molecule has 0 amide bonds. The molecule has 1 saturated carbocycles. The van der Waals surface area contributed by atoms with Crippen molar-refractivity contribution in [2.24, 2.45) is 7.05 Å². The summed E-state index contributed by atoms with van der Waals surface area (Å²) in [5.74, 6) is 0.931. The minimum atomic E-state index is 0.602. The molecule has 2 aromatic rings. The third kappa shape index (κ3) is 1.35. The fraction of sp³-hybridized carbons (Fsp3) is 0.500. The van der Waals surface area contributed by atoms with Crippen LogP contribution in [0.2, 0.25) is 0 Å². The first-order valence-corrected chi connectivity index (χ1v) is 5.16. The standard InChI is InChI=1S/C10H13N5/c1-7-5-9(14(2)13-7)10-12-11-6-15(10)8-3-4-8/h5-6,8H,3-4H2,1-2H3. The van der Waals surface area contributed by atoms with E-state index < -0.39 is 0 Å². The summed E-state index contributed by atoms with van der Waals surface area (Å²) < 4.78 is 4.01. The monoisotopic (exact) mass is 203 g/mol. The van der Waals surface area contributed by atoms with Gasteiger partial charge in [0.15, 0.2) is 5.82 Å². The van der Waals surface area contributed by atoms with Crippen LogP contribution in [0.3, 0.4) is 0 Å². The molecule has 1 fully saturated rings. The highest BCUT2D eigenvalue weighted by Crippen LogP contribution is 2.37. The highest BCUT2D eigenvalue weighted by Gasteiger charge is 2.27. The lowest BCUT2D eigenvalue weighted by molar-refractivity contribution is 0.717. The lowest BCUT2D eigenvalue weighted by Gasteiger charge is -2.03. The fourth-order valence-electron chi connectivity index (χ4n) is 1.87. The summed E-state index contributed by atoms with van der Waals surface area (Å²) >= 11 is 0. The highest BCUT2D eigenvalue weighted by atomic mass is 15.3. The zero-order valence-corrected chi connectivity index (χ0v) is 8.88. The van der Waals surface area contributed by atoms with Gasteiger partial charge in [0.2, 0.25) is 0 Å². The van der Waals surface area contributed by atoms with Crippen LogP contribution in [0.5, 0.6) is 0 Å². The van der Waals surface area contributed by atoms with Crippen LogP contribution in [0, 0.1) is 6.92 Å². The number of aromatic nitrogens is 5. The average Bonchev–Trinajstić information content (AvgIpc) is 2.83. The Labute approximate surface area is 87.7 Å². The molecule has 15 heavy (non-hydrogen) atoms. The van der Waals surface area contributed by atoms with Crippen molar-refractivity contribution >= 4 is 0 Å². The SMILES string of the molecule is Cc1cc(-c2nncn2C2CC2)n(C)n1. The van der Waals surface area contributed by atoms with E-state index in [0.717, 1.165) is 17.2 Å². The van der Waals surface area contributed by atoms with Crippen LogP contribution in [-0.4, -0.2) is 24.5 Å². The molecule has 2 heterocycles. The number of nitrogens with zero attached hydrogens (tertiary/aromatic N) is 5. The molecule has 1 aliphatic carbocycles. The minimum absolute atomic E-state index is 0.602. The van der Waals surface area contributed by atoms with Gasteiger partial charge in [-0.15, -0.1) is 10.2 Å². The van der Waals surface area contributed by atoms with Crippen molar-refractivity contribution in [3.05, 3.63) is 18.1 Å². The van der Waals surface area contributed by atoms with Gasteiger partial charge in [0, 0.05) is 13.1 Å². The first-order chi connectivity index (χ1) is 7.25. The van der Waals surface area contributed by atoms with Gasteiger partial charge in [-0.05, 0) is 25.8 Å². The first kappa shape index (κ1) is 8.64. The van der Waals surface area contributed by atoms with E-state index >= 15 is 0 Å². The molecule has 0 aliphatic heterocycles. The quantitative estimate of drug-likeness (QED) is 0.739. The molecule has 0 spiro atoms.